The Kier molecular flexibility index (Phi) is 3.76. The first-order chi connectivity index (χ1) is 8.87. The van der Waals surface area contributed by atoms with Crippen LogP contribution in [0.4, 0.5) is 10.7 Å². The molecule has 0 atom stereocenters. The van der Waals surface area contributed by atoms with Crippen LogP contribution >= 0.6 is 0 Å². The van der Waals surface area contributed by atoms with Crippen LogP contribution in [0.3, 0.4) is 0 Å². The predicted octanol–water partition coefficient (Wildman–Crippen LogP) is 0.290. The second kappa shape index (κ2) is 5.17. The Bertz CT molecular complexity index is 580. The summed E-state index contributed by atoms with van der Waals surface area (Å²) in [5, 5.41) is 9.05. The minimum Gasteiger partial charge on any atom is -0.465 e. The van der Waals surface area contributed by atoms with Gasteiger partial charge in [0.2, 0.25) is 5.95 Å². The van der Waals surface area contributed by atoms with Gasteiger partial charge >= 0.3 is 6.09 Å². The number of rotatable bonds is 4. The third-order valence-electron chi connectivity index (χ3n) is 2.71. The first-order valence-electron chi connectivity index (χ1n) is 5.78. The van der Waals surface area contributed by atoms with Crippen LogP contribution in [0.1, 0.15) is 12.1 Å². The number of imidazole rings is 1. The molecule has 0 aromatic carbocycles. The van der Waals surface area contributed by atoms with E-state index >= 15 is 0 Å². The topological polar surface area (TPSA) is 102 Å². The fraction of sp³-hybridized carbons (Fsp3) is 0.600. The summed E-state index contributed by atoms with van der Waals surface area (Å²) in [5.41, 5.74) is 0.617. The minimum absolute atomic E-state index is 0.00234. The fourth-order valence-corrected chi connectivity index (χ4v) is 2.32. The maximum absolute atomic E-state index is 11.0. The van der Waals surface area contributed by atoms with E-state index in [9.17, 15) is 13.2 Å². The second-order valence-electron chi connectivity index (χ2n) is 4.29. The number of amides is 1. The van der Waals surface area contributed by atoms with Gasteiger partial charge in [0, 0.05) is 25.7 Å². The molecule has 1 N–H and O–H groups in total. The molecule has 0 fully saturated rings. The van der Waals surface area contributed by atoms with Gasteiger partial charge in [0.15, 0.2) is 0 Å². The smallest absolute Gasteiger partial charge is 0.414 e. The van der Waals surface area contributed by atoms with Crippen molar-refractivity contribution in [1.82, 2.24) is 9.55 Å². The van der Waals surface area contributed by atoms with Crippen LogP contribution in [0.2, 0.25) is 0 Å². The maximum Gasteiger partial charge on any atom is 0.414 e. The van der Waals surface area contributed by atoms with Gasteiger partial charge in [-0.25, -0.2) is 14.7 Å². The zero-order chi connectivity index (χ0) is 14.0. The molecular weight excluding hydrogens is 274 g/mol. The largest absolute Gasteiger partial charge is 0.465 e. The van der Waals surface area contributed by atoms with E-state index in [0.717, 1.165) is 12.7 Å². The predicted molar refractivity (Wildman–Crippen MR) is 66.7 cm³/mol. The molecule has 9 heteroatoms. The van der Waals surface area contributed by atoms with Gasteiger partial charge in [-0.15, -0.1) is 0 Å². The Labute approximate surface area is 110 Å². The molecule has 19 heavy (non-hydrogen) atoms. The standard InChI is InChI=1S/C10H15N3O5S/c1-19(16,17)18-6-3-8-7-12-4-2-5-13(10(14)15)9(12)11-8/h7H,2-6H2,1H3,(H,14,15). The third kappa shape index (κ3) is 3.44. The van der Waals surface area contributed by atoms with Crippen LogP contribution in [0.25, 0.3) is 0 Å². The molecule has 8 nitrogen and oxygen atoms in total. The second-order valence-corrected chi connectivity index (χ2v) is 5.93. The molecule has 1 aromatic rings. The molecule has 0 aliphatic carbocycles. The molecule has 0 spiro atoms. The van der Waals surface area contributed by atoms with Crippen molar-refractivity contribution in [3.63, 3.8) is 0 Å². The Morgan fingerprint density at radius 3 is 2.89 bits per heavy atom. The Balaban J connectivity index is 2.07. The number of aryl methyl sites for hydroxylation is 1. The summed E-state index contributed by atoms with van der Waals surface area (Å²) in [6, 6.07) is 0. The minimum atomic E-state index is -3.46. The highest BCUT2D eigenvalue weighted by atomic mass is 32.2. The van der Waals surface area contributed by atoms with Crippen molar-refractivity contribution in [2.45, 2.75) is 19.4 Å². The lowest BCUT2D eigenvalue weighted by Crippen LogP contribution is -2.36. The van der Waals surface area contributed by atoms with E-state index in [1.165, 1.54) is 4.90 Å². The Morgan fingerprint density at radius 2 is 2.26 bits per heavy atom. The van der Waals surface area contributed by atoms with Gasteiger partial charge in [-0.2, -0.15) is 8.42 Å². The summed E-state index contributed by atoms with van der Waals surface area (Å²) in [6.45, 7) is 1.13. The number of aromatic nitrogens is 2. The lowest BCUT2D eigenvalue weighted by molar-refractivity contribution is 0.200. The Hall–Kier alpha value is -1.61. The molecule has 0 saturated carbocycles. The Morgan fingerprint density at radius 1 is 1.53 bits per heavy atom. The van der Waals surface area contributed by atoms with E-state index in [1.807, 2.05) is 0 Å². The van der Waals surface area contributed by atoms with Crippen molar-refractivity contribution >= 4 is 22.2 Å². The average Bonchev–Trinajstić information content (AvgIpc) is 2.68. The summed E-state index contributed by atoms with van der Waals surface area (Å²) in [7, 11) is -3.46. The first kappa shape index (κ1) is 13.8. The number of carboxylic acid groups (broad SMARTS) is 1. The summed E-state index contributed by atoms with van der Waals surface area (Å²) in [6.07, 6.45) is 2.73. The van der Waals surface area contributed by atoms with E-state index in [2.05, 4.69) is 9.17 Å². The molecule has 2 heterocycles. The fourth-order valence-electron chi connectivity index (χ4n) is 1.94. The van der Waals surface area contributed by atoms with E-state index < -0.39 is 16.2 Å². The van der Waals surface area contributed by atoms with E-state index in [0.29, 0.717) is 31.2 Å². The van der Waals surface area contributed by atoms with Crippen LogP contribution in [0, 0.1) is 0 Å². The number of fused-ring (bicyclic) bond motifs is 1. The van der Waals surface area contributed by atoms with Gasteiger partial charge in [0.25, 0.3) is 10.1 Å². The number of hydrogen-bond donors (Lipinski definition) is 1. The molecule has 1 aliphatic heterocycles. The summed E-state index contributed by atoms with van der Waals surface area (Å²) in [4.78, 5) is 16.4. The number of carbonyl (C=O) groups is 1. The SMILES string of the molecule is CS(=O)(=O)OCCc1cn2c(n1)N(C(=O)O)CCC2. The van der Waals surface area contributed by atoms with Gasteiger partial charge < -0.3 is 9.67 Å². The lowest BCUT2D eigenvalue weighted by atomic mass is 10.3. The van der Waals surface area contributed by atoms with Crippen LogP contribution in [-0.4, -0.2) is 48.6 Å². The number of hydrogen-bond acceptors (Lipinski definition) is 5. The van der Waals surface area contributed by atoms with Crippen molar-refractivity contribution in [2.75, 3.05) is 24.3 Å². The van der Waals surface area contributed by atoms with Gasteiger partial charge in [0.05, 0.1) is 18.6 Å². The third-order valence-corrected chi connectivity index (χ3v) is 3.31. The molecule has 0 bridgehead atoms. The molecule has 0 radical (unpaired) electrons. The van der Waals surface area contributed by atoms with Crippen molar-refractivity contribution in [1.29, 1.82) is 0 Å². The average molecular weight is 289 g/mol. The van der Waals surface area contributed by atoms with Gasteiger partial charge in [0.1, 0.15) is 0 Å². The van der Waals surface area contributed by atoms with E-state index in [1.54, 1.807) is 10.8 Å². The summed E-state index contributed by atoms with van der Waals surface area (Å²) >= 11 is 0. The van der Waals surface area contributed by atoms with Gasteiger partial charge in [-0.1, -0.05) is 0 Å². The molecule has 0 unspecified atom stereocenters. The van der Waals surface area contributed by atoms with Gasteiger partial charge in [-0.05, 0) is 6.42 Å². The van der Waals surface area contributed by atoms with Crippen LogP contribution in [0.5, 0.6) is 0 Å². The quantitative estimate of drug-likeness (QED) is 0.799. The lowest BCUT2D eigenvalue weighted by Gasteiger charge is -2.24. The van der Waals surface area contributed by atoms with Crippen LogP contribution < -0.4 is 4.90 Å². The zero-order valence-corrected chi connectivity index (χ0v) is 11.3. The highest BCUT2D eigenvalue weighted by Gasteiger charge is 2.24. The molecule has 1 aliphatic rings. The normalized spacial score (nSPS) is 15.3. The van der Waals surface area contributed by atoms with E-state index in [-0.39, 0.29) is 6.61 Å². The number of nitrogens with zero attached hydrogens (tertiary/aromatic N) is 3. The molecule has 0 saturated heterocycles. The van der Waals surface area contributed by atoms with Crippen molar-refractivity contribution < 1.29 is 22.5 Å². The monoisotopic (exact) mass is 289 g/mol. The van der Waals surface area contributed by atoms with Gasteiger partial charge in [-0.3, -0.25) is 4.18 Å². The maximum atomic E-state index is 11.0. The van der Waals surface area contributed by atoms with Crippen LogP contribution in [0.15, 0.2) is 6.20 Å². The molecule has 1 amide bonds. The highest BCUT2D eigenvalue weighted by Crippen LogP contribution is 2.20. The van der Waals surface area contributed by atoms with Crippen LogP contribution in [-0.2, 0) is 27.3 Å². The van der Waals surface area contributed by atoms with Crippen molar-refractivity contribution in [2.24, 2.45) is 0 Å². The molecule has 2 rings (SSSR count). The van der Waals surface area contributed by atoms with Crippen molar-refractivity contribution in [3.8, 4) is 0 Å². The zero-order valence-electron chi connectivity index (χ0n) is 10.4. The van der Waals surface area contributed by atoms with Crippen molar-refractivity contribution in [3.05, 3.63) is 11.9 Å². The molecular formula is C10H15N3O5S. The highest BCUT2D eigenvalue weighted by molar-refractivity contribution is 7.85. The summed E-state index contributed by atoms with van der Waals surface area (Å²) < 4.78 is 28.0. The summed E-state index contributed by atoms with van der Waals surface area (Å²) in [5.74, 6) is 0.383. The molecule has 106 valence electrons. The number of anilines is 1. The molecule has 1 aromatic heterocycles. The first-order valence-corrected chi connectivity index (χ1v) is 7.59. The van der Waals surface area contributed by atoms with E-state index in [4.69, 9.17) is 5.11 Å².